The molecule has 1 heterocycles. The molecule has 0 bridgehead atoms. The van der Waals surface area contributed by atoms with Gasteiger partial charge in [0.25, 0.3) is 11.1 Å². The molecule has 0 aliphatic carbocycles. The number of hydrogen-bond acceptors (Lipinski definition) is 7. The van der Waals surface area contributed by atoms with Crippen LogP contribution in [0.2, 0.25) is 0 Å². The fourth-order valence-corrected chi connectivity index (χ4v) is 3.08. The van der Waals surface area contributed by atoms with E-state index in [1.807, 2.05) is 0 Å². The van der Waals surface area contributed by atoms with Crippen LogP contribution in [0.15, 0.2) is 23.1 Å². The van der Waals surface area contributed by atoms with E-state index in [4.69, 9.17) is 14.6 Å². The number of aliphatic carboxylic acids is 1. The summed E-state index contributed by atoms with van der Waals surface area (Å²) in [6, 6.07) is 5.03. The molecule has 0 saturated carbocycles. The average Bonchev–Trinajstić information content (AvgIpc) is 2.88. The van der Waals surface area contributed by atoms with Crippen molar-refractivity contribution in [3.8, 4) is 11.5 Å². The molecule has 9 nitrogen and oxygen atoms in total. The van der Waals surface area contributed by atoms with Gasteiger partial charge in [-0.25, -0.2) is 0 Å². The number of amides is 3. The van der Waals surface area contributed by atoms with Crippen LogP contribution in [-0.2, 0) is 14.4 Å². The maximum absolute atomic E-state index is 12.4. The SMILES string of the molecule is COc1ccc(/C=C2\SC(=O)N(CC(=O)NCCC(=O)O)C2=O)cc1OC. The number of ether oxygens (including phenoxy) is 2. The molecule has 1 aliphatic heterocycles. The fourth-order valence-electron chi connectivity index (χ4n) is 2.24. The Balaban J connectivity index is 2.07. The van der Waals surface area contributed by atoms with Crippen molar-refractivity contribution in [1.82, 2.24) is 10.2 Å². The van der Waals surface area contributed by atoms with E-state index in [1.54, 1.807) is 18.2 Å². The summed E-state index contributed by atoms with van der Waals surface area (Å²) < 4.78 is 10.3. The highest BCUT2D eigenvalue weighted by Gasteiger charge is 2.36. The topological polar surface area (TPSA) is 122 Å². The number of methoxy groups -OCH3 is 2. The summed E-state index contributed by atoms with van der Waals surface area (Å²) in [6.07, 6.45) is 1.28. The second-order valence-corrected chi connectivity index (χ2v) is 6.37. The monoisotopic (exact) mass is 394 g/mol. The zero-order valence-electron chi connectivity index (χ0n) is 14.7. The average molecular weight is 394 g/mol. The van der Waals surface area contributed by atoms with Crippen molar-refractivity contribution in [1.29, 1.82) is 0 Å². The summed E-state index contributed by atoms with van der Waals surface area (Å²) in [5.74, 6) is -1.25. The minimum absolute atomic E-state index is 0.0775. The second kappa shape index (κ2) is 9.08. The number of carbonyl (C=O) groups is 4. The summed E-state index contributed by atoms with van der Waals surface area (Å²) in [4.78, 5) is 47.6. The molecule has 10 heteroatoms. The summed E-state index contributed by atoms with van der Waals surface area (Å²) in [5, 5.41) is 10.3. The van der Waals surface area contributed by atoms with E-state index in [9.17, 15) is 19.2 Å². The summed E-state index contributed by atoms with van der Waals surface area (Å²) in [7, 11) is 2.99. The highest BCUT2D eigenvalue weighted by molar-refractivity contribution is 8.18. The summed E-state index contributed by atoms with van der Waals surface area (Å²) in [5.41, 5.74) is 0.629. The molecule has 0 radical (unpaired) electrons. The Morgan fingerprint density at radius 1 is 1.22 bits per heavy atom. The number of carbonyl (C=O) groups excluding carboxylic acids is 3. The van der Waals surface area contributed by atoms with Crippen LogP contribution in [0.5, 0.6) is 11.5 Å². The molecule has 3 amide bonds. The quantitative estimate of drug-likeness (QED) is 0.633. The molecule has 2 N–H and O–H groups in total. The molecule has 1 saturated heterocycles. The number of benzene rings is 1. The molecular weight excluding hydrogens is 376 g/mol. The molecule has 0 aromatic heterocycles. The van der Waals surface area contributed by atoms with E-state index in [0.717, 1.165) is 16.7 Å². The van der Waals surface area contributed by atoms with Crippen molar-refractivity contribution in [3.63, 3.8) is 0 Å². The van der Waals surface area contributed by atoms with E-state index in [1.165, 1.54) is 20.3 Å². The summed E-state index contributed by atoms with van der Waals surface area (Å²) in [6.45, 7) is -0.542. The van der Waals surface area contributed by atoms with Crippen LogP contribution in [-0.4, -0.2) is 60.3 Å². The van der Waals surface area contributed by atoms with Gasteiger partial charge < -0.3 is 19.9 Å². The molecule has 27 heavy (non-hydrogen) atoms. The summed E-state index contributed by atoms with van der Waals surface area (Å²) >= 11 is 0.723. The predicted molar refractivity (Wildman–Crippen MR) is 97.5 cm³/mol. The highest BCUT2D eigenvalue weighted by Crippen LogP contribution is 2.34. The molecular formula is C17H18N2O7S. The van der Waals surface area contributed by atoms with Crippen LogP contribution in [0.3, 0.4) is 0 Å². The van der Waals surface area contributed by atoms with Crippen molar-refractivity contribution in [2.24, 2.45) is 0 Å². The number of nitrogens with zero attached hydrogens (tertiary/aromatic N) is 1. The number of carboxylic acids is 1. The largest absolute Gasteiger partial charge is 0.493 e. The lowest BCUT2D eigenvalue weighted by Crippen LogP contribution is -2.40. The first kappa shape index (κ1) is 20.3. The van der Waals surface area contributed by atoms with E-state index in [0.29, 0.717) is 17.1 Å². The molecule has 2 rings (SSSR count). The maximum atomic E-state index is 12.4. The fraction of sp³-hybridized carbons (Fsp3) is 0.294. The smallest absolute Gasteiger partial charge is 0.305 e. The molecule has 1 aliphatic rings. The highest BCUT2D eigenvalue weighted by atomic mass is 32.2. The first-order valence-corrected chi connectivity index (χ1v) is 8.63. The lowest BCUT2D eigenvalue weighted by molar-refractivity contribution is -0.137. The molecule has 144 valence electrons. The van der Waals surface area contributed by atoms with Crippen molar-refractivity contribution < 1.29 is 33.8 Å². The van der Waals surface area contributed by atoms with Gasteiger partial charge in [0.15, 0.2) is 11.5 Å². The van der Waals surface area contributed by atoms with Crippen LogP contribution in [0, 0.1) is 0 Å². The Morgan fingerprint density at radius 2 is 1.93 bits per heavy atom. The van der Waals surface area contributed by atoms with E-state index in [-0.39, 0.29) is 17.9 Å². The molecule has 0 atom stereocenters. The van der Waals surface area contributed by atoms with Crippen LogP contribution in [0.25, 0.3) is 6.08 Å². The van der Waals surface area contributed by atoms with Gasteiger partial charge in [-0.05, 0) is 35.5 Å². The van der Waals surface area contributed by atoms with Gasteiger partial charge >= 0.3 is 5.97 Å². The maximum Gasteiger partial charge on any atom is 0.305 e. The van der Waals surface area contributed by atoms with Gasteiger partial charge in [0.05, 0.1) is 25.5 Å². The van der Waals surface area contributed by atoms with Crippen LogP contribution >= 0.6 is 11.8 Å². The zero-order valence-corrected chi connectivity index (χ0v) is 15.5. The molecule has 1 aromatic carbocycles. The lowest BCUT2D eigenvalue weighted by atomic mass is 10.2. The minimum Gasteiger partial charge on any atom is -0.493 e. The molecule has 1 aromatic rings. The van der Waals surface area contributed by atoms with Gasteiger partial charge in [0.2, 0.25) is 5.91 Å². The first-order chi connectivity index (χ1) is 12.8. The normalized spacial score (nSPS) is 15.2. The van der Waals surface area contributed by atoms with Crippen molar-refractivity contribution >= 4 is 40.9 Å². The molecule has 1 fully saturated rings. The number of imide groups is 1. The predicted octanol–water partition coefficient (Wildman–Crippen LogP) is 1.33. The van der Waals surface area contributed by atoms with Gasteiger partial charge in [-0.3, -0.25) is 24.1 Å². The Morgan fingerprint density at radius 3 is 2.56 bits per heavy atom. The van der Waals surface area contributed by atoms with Crippen molar-refractivity contribution in [2.75, 3.05) is 27.3 Å². The van der Waals surface area contributed by atoms with Gasteiger partial charge in [-0.15, -0.1) is 0 Å². The number of rotatable bonds is 8. The van der Waals surface area contributed by atoms with Crippen molar-refractivity contribution in [3.05, 3.63) is 28.7 Å². The minimum atomic E-state index is -1.06. The lowest BCUT2D eigenvalue weighted by Gasteiger charge is -2.12. The van der Waals surface area contributed by atoms with Crippen LogP contribution in [0.1, 0.15) is 12.0 Å². The Hall–Kier alpha value is -3.01. The second-order valence-electron chi connectivity index (χ2n) is 5.38. The van der Waals surface area contributed by atoms with E-state index < -0.39 is 29.6 Å². The number of carboxylic acid groups (broad SMARTS) is 1. The Labute approximate surface area is 159 Å². The Kier molecular flexibility index (Phi) is 6.83. The van der Waals surface area contributed by atoms with Crippen molar-refractivity contribution in [2.45, 2.75) is 6.42 Å². The van der Waals surface area contributed by atoms with E-state index in [2.05, 4.69) is 5.32 Å². The van der Waals surface area contributed by atoms with Gasteiger partial charge in [0, 0.05) is 6.54 Å². The number of nitrogens with one attached hydrogen (secondary N) is 1. The third-order valence-electron chi connectivity index (χ3n) is 3.54. The van der Waals surface area contributed by atoms with Crippen LogP contribution < -0.4 is 14.8 Å². The van der Waals surface area contributed by atoms with E-state index >= 15 is 0 Å². The molecule has 0 spiro atoms. The van der Waals surface area contributed by atoms with Crippen LogP contribution in [0.4, 0.5) is 4.79 Å². The number of thioether (sulfide) groups is 1. The van der Waals surface area contributed by atoms with Gasteiger partial charge in [-0.1, -0.05) is 6.07 Å². The number of hydrogen-bond donors (Lipinski definition) is 2. The third-order valence-corrected chi connectivity index (χ3v) is 4.45. The zero-order chi connectivity index (χ0) is 20.0. The van der Waals surface area contributed by atoms with Gasteiger partial charge in [0.1, 0.15) is 6.54 Å². The molecule has 0 unspecified atom stereocenters. The Bertz CT molecular complexity index is 806. The van der Waals surface area contributed by atoms with Gasteiger partial charge in [-0.2, -0.15) is 0 Å². The standard InChI is InChI=1S/C17H18N2O7S/c1-25-11-4-3-10(7-12(11)26-2)8-13-16(23)19(17(24)27-13)9-14(20)18-6-5-15(21)22/h3-4,7-8H,5-6,9H2,1-2H3,(H,18,20)(H,21,22)/b13-8-. The third kappa shape index (κ3) is 5.23. The first-order valence-electron chi connectivity index (χ1n) is 7.81.